The number of hydrogen-bond acceptors (Lipinski definition) is 4. The van der Waals surface area contributed by atoms with Crippen molar-refractivity contribution < 1.29 is 17.9 Å². The van der Waals surface area contributed by atoms with Crippen LogP contribution in [0, 0.1) is 13.8 Å². The van der Waals surface area contributed by atoms with Gasteiger partial charge in [-0.2, -0.15) is 0 Å². The standard InChI is InChI=1S/C24H26N2O4S/c1-16(2)30-22-7-5-6-21(15-22)25-24(27)19-11-10-18(4)23(14-19)31(28,29)26-20-12-8-17(3)9-13-20/h5-16,26H,1-4H3,(H,25,27). The monoisotopic (exact) mass is 438 g/mol. The lowest BCUT2D eigenvalue weighted by molar-refractivity contribution is 0.102. The first kappa shape index (κ1) is 22.4. The molecule has 0 bridgehead atoms. The fourth-order valence-corrected chi connectivity index (χ4v) is 4.32. The number of rotatable bonds is 7. The Morgan fingerprint density at radius 3 is 2.29 bits per heavy atom. The fourth-order valence-electron chi connectivity index (χ4n) is 2.99. The molecule has 0 fully saturated rings. The van der Waals surface area contributed by atoms with Gasteiger partial charge in [0.05, 0.1) is 11.0 Å². The third-order valence-electron chi connectivity index (χ3n) is 4.51. The molecule has 3 rings (SSSR count). The molecule has 0 aliphatic heterocycles. The highest BCUT2D eigenvalue weighted by Gasteiger charge is 2.19. The van der Waals surface area contributed by atoms with Crippen molar-refractivity contribution in [3.05, 3.63) is 83.4 Å². The maximum absolute atomic E-state index is 12.9. The number of sulfonamides is 1. The maximum atomic E-state index is 12.9. The van der Waals surface area contributed by atoms with Crippen LogP contribution in [-0.2, 0) is 10.0 Å². The van der Waals surface area contributed by atoms with Gasteiger partial charge < -0.3 is 10.1 Å². The van der Waals surface area contributed by atoms with Crippen molar-refractivity contribution in [1.29, 1.82) is 0 Å². The van der Waals surface area contributed by atoms with E-state index < -0.39 is 15.9 Å². The van der Waals surface area contributed by atoms with Crippen molar-refractivity contribution in [2.45, 2.75) is 38.7 Å². The molecule has 0 saturated carbocycles. The second-order valence-electron chi connectivity index (χ2n) is 7.60. The lowest BCUT2D eigenvalue weighted by Gasteiger charge is -2.13. The maximum Gasteiger partial charge on any atom is 0.262 e. The Labute approximate surface area is 183 Å². The molecule has 3 aromatic carbocycles. The summed E-state index contributed by atoms with van der Waals surface area (Å²) < 4.78 is 34.1. The fraction of sp³-hybridized carbons (Fsp3) is 0.208. The number of amides is 1. The van der Waals surface area contributed by atoms with Crippen molar-refractivity contribution >= 4 is 27.3 Å². The Balaban J connectivity index is 1.83. The van der Waals surface area contributed by atoms with Crippen molar-refractivity contribution in [3.63, 3.8) is 0 Å². The highest BCUT2D eigenvalue weighted by Crippen LogP contribution is 2.23. The Morgan fingerprint density at radius 2 is 1.61 bits per heavy atom. The lowest BCUT2D eigenvalue weighted by atomic mass is 10.1. The van der Waals surface area contributed by atoms with Crippen LogP contribution in [0.15, 0.2) is 71.6 Å². The SMILES string of the molecule is Cc1ccc(NS(=O)(=O)c2cc(C(=O)Nc3cccc(OC(C)C)c3)ccc2C)cc1. The molecule has 0 heterocycles. The van der Waals surface area contributed by atoms with Crippen LogP contribution in [0.4, 0.5) is 11.4 Å². The van der Waals surface area contributed by atoms with Crippen LogP contribution in [-0.4, -0.2) is 20.4 Å². The smallest absolute Gasteiger partial charge is 0.262 e. The molecule has 0 aliphatic carbocycles. The van der Waals surface area contributed by atoms with Gasteiger partial charge >= 0.3 is 0 Å². The molecule has 2 N–H and O–H groups in total. The van der Waals surface area contributed by atoms with Crippen molar-refractivity contribution in [1.82, 2.24) is 0 Å². The van der Waals surface area contributed by atoms with Crippen LogP contribution in [0.2, 0.25) is 0 Å². The van der Waals surface area contributed by atoms with Gasteiger partial charge in [-0.1, -0.05) is 29.8 Å². The number of aryl methyl sites for hydroxylation is 2. The topological polar surface area (TPSA) is 84.5 Å². The van der Waals surface area contributed by atoms with Gasteiger partial charge in [-0.15, -0.1) is 0 Å². The molecule has 1 amide bonds. The molecule has 0 unspecified atom stereocenters. The minimum absolute atomic E-state index is 0.0110. The first-order chi connectivity index (χ1) is 14.6. The summed E-state index contributed by atoms with van der Waals surface area (Å²) in [6, 6.07) is 18.7. The zero-order valence-electron chi connectivity index (χ0n) is 18.0. The van der Waals surface area contributed by atoms with E-state index in [1.807, 2.05) is 39.0 Å². The molecule has 3 aromatic rings. The molecule has 0 saturated heterocycles. The first-order valence-electron chi connectivity index (χ1n) is 9.92. The van der Waals surface area contributed by atoms with Gasteiger partial charge in [0.25, 0.3) is 15.9 Å². The highest BCUT2D eigenvalue weighted by atomic mass is 32.2. The number of hydrogen-bond donors (Lipinski definition) is 2. The van der Waals surface area contributed by atoms with E-state index in [1.165, 1.54) is 6.07 Å². The number of carbonyl (C=O) groups is 1. The Bertz CT molecular complexity index is 1190. The lowest BCUT2D eigenvalue weighted by Crippen LogP contribution is -2.17. The van der Waals surface area contributed by atoms with Crippen LogP contribution in [0.5, 0.6) is 5.75 Å². The minimum Gasteiger partial charge on any atom is -0.491 e. The number of anilines is 2. The Kier molecular flexibility index (Phi) is 6.65. The summed E-state index contributed by atoms with van der Waals surface area (Å²) in [6.45, 7) is 7.46. The average molecular weight is 439 g/mol. The van der Waals surface area contributed by atoms with Crippen LogP contribution < -0.4 is 14.8 Å². The number of benzene rings is 3. The summed E-state index contributed by atoms with van der Waals surface area (Å²) in [5, 5.41) is 2.79. The predicted molar refractivity (Wildman–Crippen MR) is 123 cm³/mol. The average Bonchev–Trinajstić information content (AvgIpc) is 2.69. The van der Waals surface area contributed by atoms with E-state index in [9.17, 15) is 13.2 Å². The molecule has 7 heteroatoms. The Morgan fingerprint density at radius 1 is 0.903 bits per heavy atom. The third-order valence-corrected chi connectivity index (χ3v) is 6.03. The van der Waals surface area contributed by atoms with Crippen molar-refractivity contribution in [2.24, 2.45) is 0 Å². The van der Waals surface area contributed by atoms with E-state index in [4.69, 9.17) is 4.74 Å². The summed E-state index contributed by atoms with van der Waals surface area (Å²) in [5.41, 5.74) is 2.84. The molecule has 0 atom stereocenters. The molecule has 0 aliphatic rings. The summed E-state index contributed by atoms with van der Waals surface area (Å²) >= 11 is 0. The van der Waals surface area contributed by atoms with Crippen LogP contribution in [0.25, 0.3) is 0 Å². The van der Waals surface area contributed by atoms with Gasteiger partial charge in [0.15, 0.2) is 0 Å². The van der Waals surface area contributed by atoms with Gasteiger partial charge in [-0.25, -0.2) is 8.42 Å². The number of nitrogens with one attached hydrogen (secondary N) is 2. The van der Waals surface area contributed by atoms with Crippen LogP contribution in [0.1, 0.15) is 35.3 Å². The van der Waals surface area contributed by atoms with Gasteiger partial charge in [0, 0.05) is 23.0 Å². The number of carbonyl (C=O) groups excluding carboxylic acids is 1. The van der Waals surface area contributed by atoms with E-state index in [-0.39, 0.29) is 16.6 Å². The van der Waals surface area contributed by atoms with Crippen LogP contribution >= 0.6 is 0 Å². The molecule has 6 nitrogen and oxygen atoms in total. The van der Waals surface area contributed by atoms with Gasteiger partial charge in [0.1, 0.15) is 5.75 Å². The molecule has 0 aromatic heterocycles. The summed E-state index contributed by atoms with van der Waals surface area (Å²) in [6.07, 6.45) is 0.0110. The largest absolute Gasteiger partial charge is 0.491 e. The van der Waals surface area contributed by atoms with E-state index in [2.05, 4.69) is 10.0 Å². The van der Waals surface area contributed by atoms with Gasteiger partial charge in [0.2, 0.25) is 0 Å². The third kappa shape index (κ3) is 5.86. The first-order valence-corrected chi connectivity index (χ1v) is 11.4. The molecule has 31 heavy (non-hydrogen) atoms. The highest BCUT2D eigenvalue weighted by molar-refractivity contribution is 7.92. The normalized spacial score (nSPS) is 11.3. The van der Waals surface area contributed by atoms with Crippen molar-refractivity contribution in [2.75, 3.05) is 10.0 Å². The van der Waals surface area contributed by atoms with E-state index in [0.717, 1.165) is 5.56 Å². The molecular formula is C24H26N2O4S. The summed E-state index contributed by atoms with van der Waals surface area (Å²) in [7, 11) is -3.86. The molecule has 0 radical (unpaired) electrons. The number of ether oxygens (including phenoxy) is 1. The molecule has 162 valence electrons. The molecular weight excluding hydrogens is 412 g/mol. The van der Waals surface area contributed by atoms with E-state index in [0.29, 0.717) is 22.7 Å². The minimum atomic E-state index is -3.86. The van der Waals surface area contributed by atoms with Gasteiger partial charge in [-0.3, -0.25) is 9.52 Å². The Hall–Kier alpha value is -3.32. The second-order valence-corrected chi connectivity index (χ2v) is 9.25. The second kappa shape index (κ2) is 9.22. The summed E-state index contributed by atoms with van der Waals surface area (Å²) in [5.74, 6) is 0.232. The zero-order chi connectivity index (χ0) is 22.6. The predicted octanol–water partition coefficient (Wildman–Crippen LogP) is 5.14. The van der Waals surface area contributed by atoms with Crippen molar-refractivity contribution in [3.8, 4) is 5.75 Å². The summed E-state index contributed by atoms with van der Waals surface area (Å²) in [4.78, 5) is 12.8. The van der Waals surface area contributed by atoms with Gasteiger partial charge in [-0.05, 0) is 69.7 Å². The van der Waals surface area contributed by atoms with Crippen LogP contribution in [0.3, 0.4) is 0 Å². The van der Waals surface area contributed by atoms with E-state index in [1.54, 1.807) is 49.4 Å². The van der Waals surface area contributed by atoms with E-state index >= 15 is 0 Å². The molecule has 0 spiro atoms. The quantitative estimate of drug-likeness (QED) is 0.535. The zero-order valence-corrected chi connectivity index (χ0v) is 18.8.